The zero-order valence-corrected chi connectivity index (χ0v) is 17.5. The minimum atomic E-state index is -0.629. The van der Waals surface area contributed by atoms with Crippen LogP contribution in [-0.2, 0) is 14.4 Å². The third-order valence-electron chi connectivity index (χ3n) is 3.92. The largest absolute Gasteiger partial charge is 0.423 e. The molecule has 0 aliphatic heterocycles. The maximum absolute atomic E-state index is 12.0. The molecule has 0 fully saturated rings. The molecule has 0 saturated heterocycles. The topological polar surface area (TPSA) is 78.9 Å². The van der Waals surface area contributed by atoms with Gasteiger partial charge in [0.1, 0.15) is 5.75 Å². The van der Waals surface area contributed by atoms with Gasteiger partial charge in [0.2, 0.25) is 0 Å². The lowest BCUT2D eigenvalue weighted by atomic mass is 10.0. The SMILES string of the molecule is C=C(C)C(=O)Oc1ccc(-c2ccc(OC(=O)C(C)C)c(OC(=O)C(=C)C)c2)cc1. The van der Waals surface area contributed by atoms with Gasteiger partial charge in [0.05, 0.1) is 5.92 Å². The standard InChI is InChI=1S/C24H24O6/c1-14(2)22(25)28-19-10-7-17(8-11-19)18-9-12-20(29-23(26)15(3)4)21(13-18)30-24(27)16(5)6/h7-13,15H,1,5H2,2-4,6H3. The molecule has 0 amide bonds. The van der Waals surface area contributed by atoms with Gasteiger partial charge in [-0.1, -0.05) is 45.2 Å². The van der Waals surface area contributed by atoms with Crippen LogP contribution >= 0.6 is 0 Å². The average Bonchev–Trinajstić information content (AvgIpc) is 2.69. The van der Waals surface area contributed by atoms with Crippen LogP contribution in [0.1, 0.15) is 27.7 Å². The fourth-order valence-corrected chi connectivity index (χ4v) is 2.17. The molecule has 0 aliphatic rings. The van der Waals surface area contributed by atoms with Crippen LogP contribution in [0.2, 0.25) is 0 Å². The summed E-state index contributed by atoms with van der Waals surface area (Å²) >= 11 is 0. The second kappa shape index (κ2) is 9.69. The van der Waals surface area contributed by atoms with Crippen LogP contribution in [0.5, 0.6) is 17.2 Å². The molecule has 0 atom stereocenters. The van der Waals surface area contributed by atoms with Crippen molar-refractivity contribution in [3.8, 4) is 28.4 Å². The van der Waals surface area contributed by atoms with Crippen molar-refractivity contribution in [2.24, 2.45) is 5.92 Å². The molecule has 0 bridgehead atoms. The van der Waals surface area contributed by atoms with Crippen LogP contribution in [0.25, 0.3) is 11.1 Å². The first-order valence-electron chi connectivity index (χ1n) is 9.30. The van der Waals surface area contributed by atoms with Crippen molar-refractivity contribution in [1.82, 2.24) is 0 Å². The Hall–Kier alpha value is -3.67. The molecule has 0 saturated carbocycles. The van der Waals surface area contributed by atoms with Crippen LogP contribution in [-0.4, -0.2) is 17.9 Å². The summed E-state index contributed by atoms with van der Waals surface area (Å²) in [7, 11) is 0. The van der Waals surface area contributed by atoms with E-state index in [-0.39, 0.29) is 23.0 Å². The van der Waals surface area contributed by atoms with Crippen molar-refractivity contribution in [3.05, 3.63) is 66.8 Å². The maximum atomic E-state index is 12.0. The molecular formula is C24H24O6. The van der Waals surface area contributed by atoms with E-state index in [1.807, 2.05) is 0 Å². The van der Waals surface area contributed by atoms with E-state index in [1.54, 1.807) is 63.2 Å². The van der Waals surface area contributed by atoms with Gasteiger partial charge in [0.15, 0.2) is 11.5 Å². The van der Waals surface area contributed by atoms with Crippen molar-refractivity contribution in [3.63, 3.8) is 0 Å². The summed E-state index contributed by atoms with van der Waals surface area (Å²) in [5, 5.41) is 0. The molecule has 2 aromatic carbocycles. The van der Waals surface area contributed by atoms with Crippen LogP contribution < -0.4 is 14.2 Å². The van der Waals surface area contributed by atoms with E-state index in [9.17, 15) is 14.4 Å². The van der Waals surface area contributed by atoms with Crippen molar-refractivity contribution >= 4 is 17.9 Å². The Balaban J connectivity index is 2.35. The zero-order chi connectivity index (χ0) is 22.4. The van der Waals surface area contributed by atoms with Gasteiger partial charge in [-0.2, -0.15) is 0 Å². The molecule has 156 valence electrons. The highest BCUT2D eigenvalue weighted by atomic mass is 16.6. The highest BCUT2D eigenvalue weighted by molar-refractivity contribution is 5.90. The van der Waals surface area contributed by atoms with Crippen LogP contribution in [0.15, 0.2) is 66.8 Å². The molecule has 0 spiro atoms. The number of benzene rings is 2. The maximum Gasteiger partial charge on any atom is 0.338 e. The van der Waals surface area contributed by atoms with Crippen molar-refractivity contribution in [1.29, 1.82) is 0 Å². The first-order valence-corrected chi connectivity index (χ1v) is 9.30. The minimum Gasteiger partial charge on any atom is -0.423 e. The number of carbonyl (C=O) groups excluding carboxylic acids is 3. The summed E-state index contributed by atoms with van der Waals surface area (Å²) in [4.78, 5) is 35.6. The van der Waals surface area contributed by atoms with Gasteiger partial charge in [-0.25, -0.2) is 9.59 Å². The lowest BCUT2D eigenvalue weighted by Crippen LogP contribution is -2.16. The lowest BCUT2D eigenvalue weighted by Gasteiger charge is -2.13. The van der Waals surface area contributed by atoms with Gasteiger partial charge in [-0.05, 0) is 49.2 Å². The molecule has 0 unspecified atom stereocenters. The molecular weight excluding hydrogens is 384 g/mol. The Kier molecular flexibility index (Phi) is 7.31. The Labute approximate surface area is 175 Å². The van der Waals surface area contributed by atoms with Gasteiger partial charge in [-0.3, -0.25) is 4.79 Å². The minimum absolute atomic E-state index is 0.104. The Morgan fingerprint density at radius 2 is 1.27 bits per heavy atom. The molecule has 30 heavy (non-hydrogen) atoms. The van der Waals surface area contributed by atoms with E-state index >= 15 is 0 Å². The average molecular weight is 408 g/mol. The van der Waals surface area contributed by atoms with Crippen LogP contribution in [0, 0.1) is 5.92 Å². The predicted molar refractivity (Wildman–Crippen MR) is 113 cm³/mol. The quantitative estimate of drug-likeness (QED) is 0.369. The Morgan fingerprint density at radius 3 is 1.80 bits per heavy atom. The van der Waals surface area contributed by atoms with E-state index in [1.165, 1.54) is 6.92 Å². The Bertz CT molecular complexity index is 999. The number of ether oxygens (including phenoxy) is 3. The molecule has 2 rings (SSSR count). The van der Waals surface area contributed by atoms with Crippen molar-refractivity contribution in [2.45, 2.75) is 27.7 Å². The Morgan fingerprint density at radius 1 is 0.733 bits per heavy atom. The summed E-state index contributed by atoms with van der Waals surface area (Å²) < 4.78 is 15.9. The summed E-state index contributed by atoms with van der Waals surface area (Å²) in [6, 6.07) is 11.7. The molecule has 0 N–H and O–H groups in total. The normalized spacial score (nSPS) is 10.3. The van der Waals surface area contributed by atoms with Crippen LogP contribution in [0.4, 0.5) is 0 Å². The third kappa shape index (κ3) is 5.91. The third-order valence-corrected chi connectivity index (χ3v) is 3.92. The monoisotopic (exact) mass is 408 g/mol. The number of rotatable bonds is 7. The summed E-state index contributed by atoms with van der Waals surface area (Å²) in [5.41, 5.74) is 2.00. The number of hydrogen-bond donors (Lipinski definition) is 0. The van der Waals surface area contributed by atoms with Crippen molar-refractivity contribution in [2.75, 3.05) is 0 Å². The molecule has 6 nitrogen and oxygen atoms in total. The molecule has 0 radical (unpaired) electrons. The molecule has 2 aromatic rings. The van der Waals surface area contributed by atoms with Crippen LogP contribution in [0.3, 0.4) is 0 Å². The summed E-state index contributed by atoms with van der Waals surface area (Å²) in [6.07, 6.45) is 0. The van der Waals surface area contributed by atoms with E-state index in [0.717, 1.165) is 5.56 Å². The second-order valence-electron chi connectivity index (χ2n) is 7.10. The van der Waals surface area contributed by atoms with Gasteiger partial charge in [-0.15, -0.1) is 0 Å². The lowest BCUT2D eigenvalue weighted by molar-refractivity contribution is -0.138. The zero-order valence-electron chi connectivity index (χ0n) is 17.5. The number of esters is 3. The summed E-state index contributed by atoms with van der Waals surface area (Å²) in [5.74, 6) is -1.30. The second-order valence-corrected chi connectivity index (χ2v) is 7.10. The van der Waals surface area contributed by atoms with Gasteiger partial charge in [0, 0.05) is 11.1 Å². The molecule has 6 heteroatoms. The van der Waals surface area contributed by atoms with Crippen molar-refractivity contribution < 1.29 is 28.6 Å². The highest BCUT2D eigenvalue weighted by Crippen LogP contribution is 2.34. The van der Waals surface area contributed by atoms with Gasteiger partial charge >= 0.3 is 17.9 Å². The smallest absolute Gasteiger partial charge is 0.338 e. The first kappa shape index (κ1) is 22.6. The summed E-state index contributed by atoms with van der Waals surface area (Å²) in [6.45, 7) is 13.6. The number of carbonyl (C=O) groups is 3. The highest BCUT2D eigenvalue weighted by Gasteiger charge is 2.17. The van der Waals surface area contributed by atoms with Gasteiger partial charge in [0.25, 0.3) is 0 Å². The number of hydrogen-bond acceptors (Lipinski definition) is 6. The van der Waals surface area contributed by atoms with E-state index < -0.39 is 17.9 Å². The predicted octanol–water partition coefficient (Wildman–Crippen LogP) is 4.88. The van der Waals surface area contributed by atoms with E-state index in [4.69, 9.17) is 14.2 Å². The van der Waals surface area contributed by atoms with E-state index in [2.05, 4.69) is 13.2 Å². The molecule has 0 heterocycles. The first-order chi connectivity index (χ1) is 14.1. The molecule has 0 aromatic heterocycles. The van der Waals surface area contributed by atoms with E-state index in [0.29, 0.717) is 16.9 Å². The van der Waals surface area contributed by atoms with Gasteiger partial charge < -0.3 is 14.2 Å². The molecule has 0 aliphatic carbocycles. The fraction of sp³-hybridized carbons (Fsp3) is 0.208. The fourth-order valence-electron chi connectivity index (χ4n) is 2.17.